The lowest BCUT2D eigenvalue weighted by Gasteiger charge is -2.29. The first-order chi connectivity index (χ1) is 7.83. The van der Waals surface area contributed by atoms with E-state index in [1.54, 1.807) is 7.11 Å². The van der Waals surface area contributed by atoms with Crippen LogP contribution in [0.1, 0.15) is 39.0 Å². The number of unbranched alkanes of at least 4 members (excludes halogenated alkanes) is 3. The Kier molecular flexibility index (Phi) is 6.43. The topological polar surface area (TPSA) is 18.5 Å². The van der Waals surface area contributed by atoms with Gasteiger partial charge in [0.15, 0.2) is 0 Å². The minimum Gasteiger partial charge on any atom is -0.378 e. The molecule has 1 aliphatic carbocycles. The molecule has 0 spiro atoms. The molecular formula is C14H24O2. The first-order valence-corrected chi connectivity index (χ1v) is 6.30. The Bertz CT molecular complexity index is 233. The summed E-state index contributed by atoms with van der Waals surface area (Å²) in [6.45, 7) is 3.74. The predicted molar refractivity (Wildman–Crippen MR) is 67.6 cm³/mol. The summed E-state index contributed by atoms with van der Waals surface area (Å²) in [4.78, 5) is 0. The van der Waals surface area contributed by atoms with Crippen molar-refractivity contribution >= 4 is 0 Å². The maximum atomic E-state index is 5.70. The van der Waals surface area contributed by atoms with Crippen LogP contribution in [0.2, 0.25) is 0 Å². The maximum absolute atomic E-state index is 5.70. The SMILES string of the molecule is CCCCCCOCC1(OC)C=CC=CC1. The monoisotopic (exact) mass is 224 g/mol. The summed E-state index contributed by atoms with van der Waals surface area (Å²) in [5.41, 5.74) is -0.223. The van der Waals surface area contributed by atoms with Gasteiger partial charge in [0.1, 0.15) is 5.60 Å². The van der Waals surface area contributed by atoms with Crippen LogP contribution in [-0.4, -0.2) is 25.9 Å². The van der Waals surface area contributed by atoms with Crippen molar-refractivity contribution in [3.05, 3.63) is 24.3 Å². The largest absolute Gasteiger partial charge is 0.378 e. The van der Waals surface area contributed by atoms with Gasteiger partial charge in [-0.3, -0.25) is 0 Å². The number of methoxy groups -OCH3 is 1. The van der Waals surface area contributed by atoms with Gasteiger partial charge in [-0.05, 0) is 6.42 Å². The van der Waals surface area contributed by atoms with E-state index in [0.29, 0.717) is 6.61 Å². The molecule has 1 unspecified atom stereocenters. The van der Waals surface area contributed by atoms with Gasteiger partial charge in [-0.1, -0.05) is 50.5 Å². The van der Waals surface area contributed by atoms with Crippen LogP contribution in [0.4, 0.5) is 0 Å². The molecule has 0 aromatic carbocycles. The summed E-state index contributed by atoms with van der Waals surface area (Å²) in [6, 6.07) is 0. The van der Waals surface area contributed by atoms with Gasteiger partial charge in [0, 0.05) is 20.1 Å². The van der Waals surface area contributed by atoms with E-state index in [0.717, 1.165) is 19.4 Å². The summed E-state index contributed by atoms with van der Waals surface area (Å²) < 4.78 is 11.2. The van der Waals surface area contributed by atoms with E-state index < -0.39 is 0 Å². The molecule has 2 nitrogen and oxygen atoms in total. The molecule has 1 aliphatic rings. The predicted octanol–water partition coefficient (Wildman–Crippen LogP) is 3.48. The van der Waals surface area contributed by atoms with Crippen LogP contribution in [0.25, 0.3) is 0 Å². The lowest BCUT2D eigenvalue weighted by Crippen LogP contribution is -2.35. The van der Waals surface area contributed by atoms with E-state index >= 15 is 0 Å². The third-order valence-electron chi connectivity index (χ3n) is 3.01. The van der Waals surface area contributed by atoms with E-state index in [9.17, 15) is 0 Å². The number of rotatable bonds is 8. The molecule has 2 heteroatoms. The van der Waals surface area contributed by atoms with Gasteiger partial charge in [-0.25, -0.2) is 0 Å². The second-order valence-corrected chi connectivity index (χ2v) is 4.37. The fourth-order valence-corrected chi connectivity index (χ4v) is 1.84. The molecule has 0 radical (unpaired) electrons. The lowest BCUT2D eigenvalue weighted by molar-refractivity contribution is -0.0424. The Morgan fingerprint density at radius 2 is 2.06 bits per heavy atom. The third-order valence-corrected chi connectivity index (χ3v) is 3.01. The van der Waals surface area contributed by atoms with Crippen molar-refractivity contribution in [1.29, 1.82) is 0 Å². The van der Waals surface area contributed by atoms with E-state index in [-0.39, 0.29) is 5.60 Å². The highest BCUT2D eigenvalue weighted by atomic mass is 16.5. The molecule has 1 atom stereocenters. The molecule has 0 fully saturated rings. The van der Waals surface area contributed by atoms with E-state index in [1.807, 2.05) is 6.08 Å². The van der Waals surface area contributed by atoms with Crippen LogP contribution in [0.3, 0.4) is 0 Å². The Balaban J connectivity index is 2.15. The molecule has 0 aromatic heterocycles. The summed E-state index contributed by atoms with van der Waals surface area (Å²) in [6.07, 6.45) is 14.2. The number of hydrogen-bond donors (Lipinski definition) is 0. The van der Waals surface area contributed by atoms with Gasteiger partial charge >= 0.3 is 0 Å². The van der Waals surface area contributed by atoms with Crippen molar-refractivity contribution in [2.75, 3.05) is 20.3 Å². The van der Waals surface area contributed by atoms with Crippen LogP contribution < -0.4 is 0 Å². The zero-order valence-corrected chi connectivity index (χ0v) is 10.6. The van der Waals surface area contributed by atoms with Crippen LogP contribution in [-0.2, 0) is 9.47 Å². The molecule has 0 aliphatic heterocycles. The molecule has 0 heterocycles. The van der Waals surface area contributed by atoms with Gasteiger partial charge < -0.3 is 9.47 Å². The van der Waals surface area contributed by atoms with Crippen LogP contribution >= 0.6 is 0 Å². The Morgan fingerprint density at radius 3 is 2.69 bits per heavy atom. The number of hydrogen-bond acceptors (Lipinski definition) is 2. The summed E-state index contributed by atoms with van der Waals surface area (Å²) >= 11 is 0. The first kappa shape index (κ1) is 13.5. The van der Waals surface area contributed by atoms with Gasteiger partial charge in [0.05, 0.1) is 6.61 Å². The summed E-state index contributed by atoms with van der Waals surface area (Å²) in [5, 5.41) is 0. The molecule has 0 aromatic rings. The van der Waals surface area contributed by atoms with Gasteiger partial charge in [-0.2, -0.15) is 0 Å². The molecule has 16 heavy (non-hydrogen) atoms. The van der Waals surface area contributed by atoms with Crippen molar-refractivity contribution in [2.45, 2.75) is 44.6 Å². The second-order valence-electron chi connectivity index (χ2n) is 4.37. The highest BCUT2D eigenvalue weighted by Crippen LogP contribution is 2.22. The number of allylic oxidation sites excluding steroid dienone is 2. The second kappa shape index (κ2) is 7.64. The third kappa shape index (κ3) is 4.50. The average Bonchev–Trinajstić information content (AvgIpc) is 2.35. The van der Waals surface area contributed by atoms with Crippen molar-refractivity contribution in [3.8, 4) is 0 Å². The molecule has 0 bridgehead atoms. The number of ether oxygens (including phenoxy) is 2. The van der Waals surface area contributed by atoms with Gasteiger partial charge in [0.2, 0.25) is 0 Å². The molecule has 0 saturated carbocycles. The Labute approximate surface area is 99.3 Å². The minimum atomic E-state index is -0.223. The van der Waals surface area contributed by atoms with Crippen LogP contribution in [0.5, 0.6) is 0 Å². The van der Waals surface area contributed by atoms with Crippen molar-refractivity contribution < 1.29 is 9.47 Å². The first-order valence-electron chi connectivity index (χ1n) is 6.30. The standard InChI is InChI=1S/C14H24O2/c1-3-4-5-9-12-16-13-14(15-2)10-7-6-8-11-14/h6-8,10H,3-5,9,11-13H2,1-2H3. The average molecular weight is 224 g/mol. The Morgan fingerprint density at radius 1 is 1.19 bits per heavy atom. The maximum Gasteiger partial charge on any atom is 0.113 e. The van der Waals surface area contributed by atoms with Crippen LogP contribution in [0, 0.1) is 0 Å². The van der Waals surface area contributed by atoms with Gasteiger partial charge in [0.25, 0.3) is 0 Å². The molecule has 92 valence electrons. The summed E-state index contributed by atoms with van der Waals surface area (Å²) in [7, 11) is 1.75. The zero-order valence-electron chi connectivity index (χ0n) is 10.6. The van der Waals surface area contributed by atoms with E-state index in [1.165, 1.54) is 19.3 Å². The normalized spacial score (nSPS) is 23.9. The highest BCUT2D eigenvalue weighted by molar-refractivity contribution is 5.18. The van der Waals surface area contributed by atoms with Crippen LogP contribution in [0.15, 0.2) is 24.3 Å². The van der Waals surface area contributed by atoms with Crippen molar-refractivity contribution in [3.63, 3.8) is 0 Å². The smallest absolute Gasteiger partial charge is 0.113 e. The minimum absolute atomic E-state index is 0.223. The Hall–Kier alpha value is -0.600. The highest BCUT2D eigenvalue weighted by Gasteiger charge is 2.26. The lowest BCUT2D eigenvalue weighted by atomic mass is 9.96. The summed E-state index contributed by atoms with van der Waals surface area (Å²) in [5.74, 6) is 0. The fourth-order valence-electron chi connectivity index (χ4n) is 1.84. The zero-order chi connectivity index (χ0) is 11.7. The molecule has 0 amide bonds. The molecule has 0 saturated heterocycles. The van der Waals surface area contributed by atoms with Gasteiger partial charge in [-0.15, -0.1) is 0 Å². The van der Waals surface area contributed by atoms with Crippen molar-refractivity contribution in [2.24, 2.45) is 0 Å². The quantitative estimate of drug-likeness (QED) is 0.588. The van der Waals surface area contributed by atoms with E-state index in [4.69, 9.17) is 9.47 Å². The molecule has 1 rings (SSSR count). The fraction of sp³-hybridized carbons (Fsp3) is 0.714. The van der Waals surface area contributed by atoms with Crippen molar-refractivity contribution in [1.82, 2.24) is 0 Å². The molecule has 0 N–H and O–H groups in total. The molecular weight excluding hydrogens is 200 g/mol. The van der Waals surface area contributed by atoms with E-state index in [2.05, 4.69) is 25.2 Å².